The average Bonchev–Trinajstić information content (AvgIpc) is 2.75. The lowest BCUT2D eigenvalue weighted by molar-refractivity contribution is 0.210. The van der Waals surface area contributed by atoms with Gasteiger partial charge in [-0.1, -0.05) is 25.0 Å². The van der Waals surface area contributed by atoms with E-state index in [-0.39, 0.29) is 0 Å². The number of hydrogen-bond donors (Lipinski definition) is 2. The zero-order chi connectivity index (χ0) is 19.6. The summed E-state index contributed by atoms with van der Waals surface area (Å²) in [6.45, 7) is 4.25. The van der Waals surface area contributed by atoms with Crippen molar-refractivity contribution in [2.45, 2.75) is 44.6 Å². The molecule has 0 bridgehead atoms. The van der Waals surface area contributed by atoms with Gasteiger partial charge in [0.15, 0.2) is 0 Å². The summed E-state index contributed by atoms with van der Waals surface area (Å²) in [4.78, 5) is 16.5. The Hall–Kier alpha value is -2.31. The van der Waals surface area contributed by atoms with Gasteiger partial charge in [0.1, 0.15) is 0 Å². The summed E-state index contributed by atoms with van der Waals surface area (Å²) < 4.78 is 0. The Balaban J connectivity index is 1.49. The number of para-hydroxylation sites is 2. The van der Waals surface area contributed by atoms with Crippen molar-refractivity contribution in [2.24, 2.45) is 16.5 Å². The molecule has 28 heavy (non-hydrogen) atoms. The number of unbranched alkanes of at least 4 members (excludes halogenated alkanes) is 3. The van der Waals surface area contributed by atoms with Crippen molar-refractivity contribution in [1.82, 2.24) is 14.9 Å². The Labute approximate surface area is 167 Å². The van der Waals surface area contributed by atoms with E-state index in [9.17, 15) is 0 Å². The predicted octanol–water partition coefficient (Wildman–Crippen LogP) is 2.98. The van der Waals surface area contributed by atoms with Crippen LogP contribution in [-0.2, 0) is 0 Å². The van der Waals surface area contributed by atoms with Crippen LogP contribution in [0.25, 0.3) is 16.6 Å². The molecule has 0 spiro atoms. The van der Waals surface area contributed by atoms with Crippen LogP contribution in [0.3, 0.4) is 0 Å². The molecule has 1 fully saturated rings. The molecule has 0 saturated carbocycles. The Bertz CT molecular complexity index is 792. The molecule has 1 aliphatic rings. The molecule has 1 aliphatic heterocycles. The van der Waals surface area contributed by atoms with Crippen molar-refractivity contribution in [3.8, 4) is 0 Å². The molecular formula is C22H32N6. The van der Waals surface area contributed by atoms with Gasteiger partial charge >= 0.3 is 0 Å². The van der Waals surface area contributed by atoms with Crippen molar-refractivity contribution in [1.29, 1.82) is 0 Å². The van der Waals surface area contributed by atoms with E-state index in [4.69, 9.17) is 16.5 Å². The number of nitrogens with two attached hydrogens (primary N) is 2. The van der Waals surface area contributed by atoms with E-state index in [0.717, 1.165) is 61.2 Å². The molecule has 1 aromatic carbocycles. The number of nitrogens with zero attached hydrogens (tertiary/aromatic N) is 4. The largest absolute Gasteiger partial charge is 0.404 e. The van der Waals surface area contributed by atoms with Gasteiger partial charge in [-0.05, 0) is 50.9 Å². The van der Waals surface area contributed by atoms with Gasteiger partial charge in [0, 0.05) is 31.1 Å². The third-order valence-electron chi connectivity index (χ3n) is 5.33. The van der Waals surface area contributed by atoms with E-state index in [0.29, 0.717) is 6.04 Å². The molecule has 0 aliphatic carbocycles. The number of likely N-dealkylation sites (tertiary alicyclic amines) is 1. The van der Waals surface area contributed by atoms with Gasteiger partial charge < -0.3 is 16.4 Å². The van der Waals surface area contributed by atoms with Crippen LogP contribution in [0.2, 0.25) is 0 Å². The minimum Gasteiger partial charge on any atom is -0.404 e. The van der Waals surface area contributed by atoms with Gasteiger partial charge in [0.05, 0.1) is 29.0 Å². The van der Waals surface area contributed by atoms with Crippen molar-refractivity contribution < 1.29 is 0 Å². The summed E-state index contributed by atoms with van der Waals surface area (Å²) >= 11 is 0. The molecule has 150 valence electrons. The summed E-state index contributed by atoms with van der Waals surface area (Å²) in [5.41, 5.74) is 14.7. The normalized spacial score (nSPS) is 17.0. The maximum Gasteiger partial charge on any atom is 0.0922 e. The van der Waals surface area contributed by atoms with Gasteiger partial charge in [0.2, 0.25) is 0 Å². The summed E-state index contributed by atoms with van der Waals surface area (Å²) in [6.07, 6.45) is 12.4. The molecule has 0 unspecified atom stereocenters. The highest BCUT2D eigenvalue weighted by Crippen LogP contribution is 2.17. The number of benzene rings is 1. The second kappa shape index (κ2) is 10.9. The summed E-state index contributed by atoms with van der Waals surface area (Å²) in [5.74, 6) is 0. The summed E-state index contributed by atoms with van der Waals surface area (Å²) in [7, 11) is 0. The van der Waals surface area contributed by atoms with E-state index in [2.05, 4.69) is 14.9 Å². The second-order valence-electron chi connectivity index (χ2n) is 7.42. The average molecular weight is 381 g/mol. The Morgan fingerprint density at radius 1 is 1.11 bits per heavy atom. The molecule has 3 rings (SSSR count). The van der Waals surface area contributed by atoms with Crippen LogP contribution in [0, 0.1) is 0 Å². The van der Waals surface area contributed by atoms with E-state index < -0.39 is 0 Å². The molecule has 6 nitrogen and oxygen atoms in total. The fraction of sp³-hybridized carbons (Fsp3) is 0.500. The van der Waals surface area contributed by atoms with Gasteiger partial charge in [0.25, 0.3) is 0 Å². The SMILES string of the molecule is NC=C(C=NC1CCN(CCCCCCN)CC1)c1cnc2ccccc2n1. The Morgan fingerprint density at radius 2 is 1.86 bits per heavy atom. The summed E-state index contributed by atoms with van der Waals surface area (Å²) in [5, 5.41) is 0. The Kier molecular flexibility index (Phi) is 7.94. The number of aromatic nitrogens is 2. The molecule has 0 amide bonds. The first-order valence-electron chi connectivity index (χ1n) is 10.4. The zero-order valence-electron chi connectivity index (χ0n) is 16.6. The highest BCUT2D eigenvalue weighted by atomic mass is 15.1. The molecule has 1 saturated heterocycles. The van der Waals surface area contributed by atoms with Crippen molar-refractivity contribution in [3.63, 3.8) is 0 Å². The van der Waals surface area contributed by atoms with Crippen LogP contribution in [0.5, 0.6) is 0 Å². The number of aliphatic imine (C=N–C) groups is 1. The van der Waals surface area contributed by atoms with Gasteiger partial charge in [-0.3, -0.25) is 9.98 Å². The minimum absolute atomic E-state index is 0.358. The molecule has 2 aromatic rings. The van der Waals surface area contributed by atoms with E-state index in [1.54, 1.807) is 12.4 Å². The lowest BCUT2D eigenvalue weighted by Gasteiger charge is -2.30. The maximum absolute atomic E-state index is 5.84. The van der Waals surface area contributed by atoms with Crippen LogP contribution >= 0.6 is 0 Å². The van der Waals surface area contributed by atoms with Crippen molar-refractivity contribution in [2.75, 3.05) is 26.2 Å². The predicted molar refractivity (Wildman–Crippen MR) is 117 cm³/mol. The van der Waals surface area contributed by atoms with Crippen LogP contribution in [-0.4, -0.2) is 53.3 Å². The van der Waals surface area contributed by atoms with E-state index >= 15 is 0 Å². The highest BCUT2D eigenvalue weighted by molar-refractivity contribution is 6.09. The van der Waals surface area contributed by atoms with Gasteiger partial charge in [-0.15, -0.1) is 0 Å². The molecule has 2 heterocycles. The quantitative estimate of drug-likeness (QED) is 0.515. The molecule has 6 heteroatoms. The van der Waals surface area contributed by atoms with Crippen LogP contribution in [0.15, 0.2) is 41.7 Å². The van der Waals surface area contributed by atoms with Crippen LogP contribution in [0.1, 0.15) is 44.2 Å². The number of allylic oxidation sites excluding steroid dienone is 1. The fourth-order valence-corrected chi connectivity index (χ4v) is 3.60. The minimum atomic E-state index is 0.358. The number of piperidine rings is 1. The second-order valence-corrected chi connectivity index (χ2v) is 7.42. The molecule has 4 N–H and O–H groups in total. The number of fused-ring (bicyclic) bond motifs is 1. The molecule has 1 aromatic heterocycles. The monoisotopic (exact) mass is 380 g/mol. The maximum atomic E-state index is 5.84. The van der Waals surface area contributed by atoms with Gasteiger partial charge in [-0.2, -0.15) is 0 Å². The third kappa shape index (κ3) is 5.84. The highest BCUT2D eigenvalue weighted by Gasteiger charge is 2.17. The number of rotatable bonds is 9. The molecular weight excluding hydrogens is 348 g/mol. The van der Waals surface area contributed by atoms with Gasteiger partial charge in [-0.25, -0.2) is 4.98 Å². The first-order chi connectivity index (χ1) is 13.8. The molecule has 0 atom stereocenters. The topological polar surface area (TPSA) is 93.4 Å². The fourth-order valence-electron chi connectivity index (χ4n) is 3.60. The standard InChI is InChI=1S/C22H32N6/c23-11-5-1-2-6-12-28-13-9-19(10-14-28)25-16-18(15-24)22-17-26-20-7-3-4-8-21(20)27-22/h3-4,7-8,15-17,19H,1-2,5-6,9-14,23-24H2. The zero-order valence-corrected chi connectivity index (χ0v) is 16.6. The lowest BCUT2D eigenvalue weighted by Crippen LogP contribution is -2.35. The van der Waals surface area contributed by atoms with Crippen LogP contribution in [0.4, 0.5) is 0 Å². The lowest BCUT2D eigenvalue weighted by atomic mass is 10.0. The Morgan fingerprint density at radius 3 is 2.61 bits per heavy atom. The summed E-state index contributed by atoms with van der Waals surface area (Å²) in [6, 6.07) is 8.20. The van der Waals surface area contributed by atoms with Crippen molar-refractivity contribution >= 4 is 22.8 Å². The number of hydrogen-bond acceptors (Lipinski definition) is 6. The van der Waals surface area contributed by atoms with Crippen LogP contribution < -0.4 is 11.5 Å². The van der Waals surface area contributed by atoms with E-state index in [1.807, 2.05) is 30.5 Å². The first-order valence-corrected chi connectivity index (χ1v) is 10.4. The smallest absolute Gasteiger partial charge is 0.0922 e. The van der Waals surface area contributed by atoms with E-state index in [1.165, 1.54) is 25.8 Å². The first kappa shape index (κ1) is 20.4. The van der Waals surface area contributed by atoms with Crippen molar-refractivity contribution in [3.05, 3.63) is 42.4 Å². The molecule has 0 radical (unpaired) electrons. The third-order valence-corrected chi connectivity index (χ3v) is 5.33.